The molecule has 0 radical (unpaired) electrons. The van der Waals surface area contributed by atoms with E-state index in [9.17, 15) is 10.0 Å². The Hall–Kier alpha value is -2.63. The van der Waals surface area contributed by atoms with Gasteiger partial charge in [-0.05, 0) is 43.4 Å². The number of carbonyl (C=O) groups is 1. The smallest absolute Gasteiger partial charge is 0.317 e. The van der Waals surface area contributed by atoms with Crippen molar-refractivity contribution in [3.63, 3.8) is 0 Å². The number of nitrogens with one attached hydrogen (secondary N) is 1. The van der Waals surface area contributed by atoms with E-state index in [0.717, 1.165) is 18.4 Å². The van der Waals surface area contributed by atoms with E-state index < -0.39 is 5.91 Å². The van der Waals surface area contributed by atoms with Gasteiger partial charge >= 0.3 is 5.91 Å². The first kappa shape index (κ1) is 15.3. The Kier molecular flexibility index (Phi) is 4.71. The first-order valence-corrected chi connectivity index (χ1v) is 7.80. The number of rotatable bonds is 5. The van der Waals surface area contributed by atoms with Crippen molar-refractivity contribution in [3.8, 4) is 5.88 Å². The summed E-state index contributed by atoms with van der Waals surface area (Å²) >= 11 is 0. The molecule has 2 heterocycles. The van der Waals surface area contributed by atoms with Gasteiger partial charge in [-0.1, -0.05) is 0 Å². The van der Waals surface area contributed by atoms with Crippen molar-refractivity contribution in [1.82, 2.24) is 10.3 Å². The molecule has 0 saturated heterocycles. The van der Waals surface area contributed by atoms with Crippen LogP contribution in [0.1, 0.15) is 41.7 Å². The van der Waals surface area contributed by atoms with Crippen LogP contribution in [0, 0.1) is 5.21 Å². The quantitative estimate of drug-likeness (QED) is 0.676. The van der Waals surface area contributed by atoms with Crippen molar-refractivity contribution in [2.75, 3.05) is 0 Å². The number of pyridine rings is 2. The molecule has 1 fully saturated rings. The largest absolute Gasteiger partial charge is 0.618 e. The first-order valence-electron chi connectivity index (χ1n) is 7.80. The highest BCUT2D eigenvalue weighted by Crippen LogP contribution is 2.23. The van der Waals surface area contributed by atoms with Gasteiger partial charge in [0.2, 0.25) is 5.88 Å². The van der Waals surface area contributed by atoms with Gasteiger partial charge in [0.15, 0.2) is 6.20 Å². The van der Waals surface area contributed by atoms with Crippen LogP contribution in [0.3, 0.4) is 0 Å². The molecule has 3 rings (SSSR count). The van der Waals surface area contributed by atoms with Gasteiger partial charge in [0, 0.05) is 30.9 Å². The van der Waals surface area contributed by atoms with Gasteiger partial charge < -0.3 is 15.3 Å². The van der Waals surface area contributed by atoms with Gasteiger partial charge in [0.1, 0.15) is 6.10 Å². The van der Waals surface area contributed by atoms with Crippen molar-refractivity contribution in [2.45, 2.75) is 38.3 Å². The maximum atomic E-state index is 12.0. The lowest BCUT2D eigenvalue weighted by atomic mass is 10.2. The number of nitrogens with zero attached hydrogens (tertiary/aromatic N) is 2. The minimum atomic E-state index is -0.407. The van der Waals surface area contributed by atoms with E-state index in [2.05, 4.69) is 10.3 Å². The first-order chi connectivity index (χ1) is 11.2. The predicted octanol–water partition coefficient (Wildman–Crippen LogP) is 1.97. The number of amides is 1. The Bertz CT molecular complexity index is 684. The molecule has 2 aromatic heterocycles. The number of hydrogen-bond donors (Lipinski definition) is 1. The molecule has 23 heavy (non-hydrogen) atoms. The second kappa shape index (κ2) is 7.09. The molecule has 6 nitrogen and oxygen atoms in total. The molecule has 2 aromatic rings. The summed E-state index contributed by atoms with van der Waals surface area (Å²) in [5.74, 6) is 0.179. The molecule has 1 saturated carbocycles. The molecule has 0 spiro atoms. The van der Waals surface area contributed by atoms with Crippen LogP contribution in [0.4, 0.5) is 0 Å². The number of ether oxygens (including phenoxy) is 1. The van der Waals surface area contributed by atoms with Crippen LogP contribution in [0.15, 0.2) is 42.7 Å². The fraction of sp³-hybridized carbons (Fsp3) is 0.353. The molecular weight excluding hydrogens is 294 g/mol. The Balaban J connectivity index is 1.59. The van der Waals surface area contributed by atoms with Crippen LogP contribution in [-0.4, -0.2) is 17.0 Å². The van der Waals surface area contributed by atoms with Gasteiger partial charge in [-0.15, -0.1) is 0 Å². The Morgan fingerprint density at radius 1 is 1.35 bits per heavy atom. The fourth-order valence-corrected chi connectivity index (χ4v) is 2.68. The van der Waals surface area contributed by atoms with E-state index in [1.807, 2.05) is 12.1 Å². The lowest BCUT2D eigenvalue weighted by molar-refractivity contribution is -0.607. The van der Waals surface area contributed by atoms with E-state index in [-0.39, 0.29) is 11.8 Å². The van der Waals surface area contributed by atoms with Crippen LogP contribution in [-0.2, 0) is 6.54 Å². The topological polar surface area (TPSA) is 78.2 Å². The summed E-state index contributed by atoms with van der Waals surface area (Å²) < 4.78 is 6.40. The molecule has 6 heteroatoms. The van der Waals surface area contributed by atoms with Crippen LogP contribution >= 0.6 is 0 Å². The summed E-state index contributed by atoms with van der Waals surface area (Å²) in [5.41, 5.74) is 0.957. The zero-order valence-electron chi connectivity index (χ0n) is 12.8. The van der Waals surface area contributed by atoms with Crippen LogP contribution in [0.2, 0.25) is 0 Å². The third kappa shape index (κ3) is 3.97. The average Bonchev–Trinajstić information content (AvgIpc) is 3.06. The maximum absolute atomic E-state index is 12.0. The van der Waals surface area contributed by atoms with Crippen molar-refractivity contribution < 1.29 is 14.3 Å². The van der Waals surface area contributed by atoms with Gasteiger partial charge in [-0.2, -0.15) is 4.73 Å². The highest BCUT2D eigenvalue weighted by atomic mass is 16.5. The standard InChI is InChI=1S/C17H19N3O3/c21-17(15-7-3-4-10-20(15)22)19-12-13-8-9-18-16(11-13)23-14-5-1-2-6-14/h3-4,7-11,14H,1-2,5-6,12H2,(H,19,21). The number of carbonyl (C=O) groups excluding carboxylic acids is 1. The van der Waals surface area contributed by atoms with E-state index in [4.69, 9.17) is 4.74 Å². The normalized spacial score (nSPS) is 14.6. The summed E-state index contributed by atoms with van der Waals surface area (Å²) in [6, 6.07) is 8.37. The molecule has 0 bridgehead atoms. The maximum Gasteiger partial charge on any atom is 0.317 e. The monoisotopic (exact) mass is 313 g/mol. The Labute approximate surface area is 134 Å². The highest BCUT2D eigenvalue weighted by Gasteiger charge is 2.17. The molecule has 1 aliphatic rings. The number of hydrogen-bond acceptors (Lipinski definition) is 4. The SMILES string of the molecule is O=C(NCc1ccnc(OC2CCCC2)c1)c1cccc[n+]1[O-]. The third-order valence-corrected chi connectivity index (χ3v) is 3.90. The molecule has 1 N–H and O–H groups in total. The average molecular weight is 313 g/mol. The van der Waals surface area contributed by atoms with Gasteiger partial charge in [0.25, 0.3) is 5.69 Å². The zero-order chi connectivity index (χ0) is 16.1. The molecule has 0 atom stereocenters. The minimum absolute atomic E-state index is 0.0731. The van der Waals surface area contributed by atoms with E-state index in [0.29, 0.717) is 17.2 Å². The highest BCUT2D eigenvalue weighted by molar-refractivity contribution is 5.90. The summed E-state index contributed by atoms with van der Waals surface area (Å²) in [6.45, 7) is 0.317. The summed E-state index contributed by atoms with van der Waals surface area (Å²) in [6.07, 6.45) is 7.76. The fourth-order valence-electron chi connectivity index (χ4n) is 2.68. The van der Waals surface area contributed by atoms with Crippen LogP contribution in [0.5, 0.6) is 5.88 Å². The van der Waals surface area contributed by atoms with E-state index in [1.54, 1.807) is 18.3 Å². The Morgan fingerprint density at radius 2 is 2.17 bits per heavy atom. The van der Waals surface area contributed by atoms with Gasteiger partial charge in [-0.3, -0.25) is 4.79 Å². The Morgan fingerprint density at radius 3 is 2.96 bits per heavy atom. The molecule has 1 amide bonds. The molecule has 120 valence electrons. The number of aromatic nitrogens is 2. The van der Waals surface area contributed by atoms with Crippen molar-refractivity contribution in [1.29, 1.82) is 0 Å². The predicted molar refractivity (Wildman–Crippen MR) is 83.7 cm³/mol. The molecular formula is C17H19N3O3. The molecule has 0 aromatic carbocycles. The minimum Gasteiger partial charge on any atom is -0.618 e. The molecule has 0 unspecified atom stereocenters. The second-order valence-corrected chi connectivity index (χ2v) is 5.62. The van der Waals surface area contributed by atoms with E-state index >= 15 is 0 Å². The molecule has 0 aliphatic heterocycles. The summed E-state index contributed by atoms with van der Waals surface area (Å²) in [4.78, 5) is 16.2. The van der Waals surface area contributed by atoms with E-state index in [1.165, 1.54) is 25.1 Å². The third-order valence-electron chi connectivity index (χ3n) is 3.90. The van der Waals surface area contributed by atoms with Crippen molar-refractivity contribution in [3.05, 3.63) is 59.2 Å². The van der Waals surface area contributed by atoms with Gasteiger partial charge in [0.05, 0.1) is 0 Å². The lowest BCUT2D eigenvalue weighted by Crippen LogP contribution is -2.38. The summed E-state index contributed by atoms with van der Waals surface area (Å²) in [5, 5.41) is 14.3. The van der Waals surface area contributed by atoms with Crippen LogP contribution in [0.25, 0.3) is 0 Å². The zero-order valence-corrected chi connectivity index (χ0v) is 12.8. The van der Waals surface area contributed by atoms with Crippen LogP contribution < -0.4 is 14.8 Å². The van der Waals surface area contributed by atoms with Gasteiger partial charge in [-0.25, -0.2) is 4.98 Å². The van der Waals surface area contributed by atoms with Crippen molar-refractivity contribution >= 4 is 5.91 Å². The second-order valence-electron chi connectivity index (χ2n) is 5.62. The summed E-state index contributed by atoms with van der Waals surface area (Å²) in [7, 11) is 0. The molecule has 1 aliphatic carbocycles. The van der Waals surface area contributed by atoms with Crippen molar-refractivity contribution in [2.24, 2.45) is 0 Å². The lowest BCUT2D eigenvalue weighted by Gasteiger charge is -2.12.